The highest BCUT2D eigenvalue weighted by atomic mass is 35.5. The first-order valence-electron chi connectivity index (χ1n) is 11.4. The molecule has 2 N–H and O–H groups in total. The average Bonchev–Trinajstić information content (AvgIpc) is 3.39. The lowest BCUT2D eigenvalue weighted by Gasteiger charge is -2.31. The number of hydrogen-bond donors (Lipinski definition) is 2. The highest BCUT2D eigenvalue weighted by molar-refractivity contribution is 6.31. The predicted octanol–water partition coefficient (Wildman–Crippen LogP) is 4.41. The third-order valence-corrected chi connectivity index (χ3v) is 7.39. The molecule has 2 aliphatic carbocycles. The Balaban J connectivity index is 1.15. The quantitative estimate of drug-likeness (QED) is 0.643. The standard InChI is InChI=1S/C25H22ClF3N2O4/c26-16-5-6-21-17(10-16)20(32)11-22(35-21)24(34)31-19-9-13-7-14(19)8-18(13)30-23(33)12-1-3-15(4-2-12)25(27,28)29/h1-6,10,13-14,18-19,22H,7-9,11H2,(H,30,33)(H,31,34)/t13-,14-,18+,19+,22?/m0/s1. The molecule has 35 heavy (non-hydrogen) atoms. The normalized spacial score (nSPS) is 27.2. The van der Waals surface area contributed by atoms with Crippen LogP contribution < -0.4 is 15.4 Å². The molecule has 1 aliphatic heterocycles. The minimum absolute atomic E-state index is 0.0637. The second kappa shape index (κ2) is 8.86. The van der Waals surface area contributed by atoms with Gasteiger partial charge < -0.3 is 15.4 Å². The molecular weight excluding hydrogens is 485 g/mol. The molecule has 1 heterocycles. The summed E-state index contributed by atoms with van der Waals surface area (Å²) >= 11 is 5.94. The number of Topliss-reactive ketones (excluding diaryl/α,β-unsaturated/α-hetero) is 1. The van der Waals surface area contributed by atoms with Gasteiger partial charge in [0.1, 0.15) is 5.75 Å². The van der Waals surface area contributed by atoms with Crippen LogP contribution in [0.5, 0.6) is 5.75 Å². The second-order valence-corrected chi connectivity index (χ2v) is 9.81. The lowest BCUT2D eigenvalue weighted by Crippen LogP contribution is -2.50. The summed E-state index contributed by atoms with van der Waals surface area (Å²) in [5.74, 6) is -0.308. The lowest BCUT2D eigenvalue weighted by atomic mass is 9.90. The molecule has 6 nitrogen and oxygen atoms in total. The van der Waals surface area contributed by atoms with Crippen LogP contribution in [0.4, 0.5) is 13.2 Å². The summed E-state index contributed by atoms with van der Waals surface area (Å²) in [4.78, 5) is 37.8. The summed E-state index contributed by atoms with van der Waals surface area (Å²) in [7, 11) is 0. The van der Waals surface area contributed by atoms with E-state index in [-0.39, 0.29) is 47.6 Å². The number of hydrogen-bond acceptors (Lipinski definition) is 4. The fraction of sp³-hybridized carbons (Fsp3) is 0.400. The van der Waals surface area contributed by atoms with Crippen LogP contribution in [0, 0.1) is 11.8 Å². The zero-order valence-corrected chi connectivity index (χ0v) is 19.2. The maximum absolute atomic E-state index is 12.8. The van der Waals surface area contributed by atoms with Crippen molar-refractivity contribution in [2.24, 2.45) is 11.8 Å². The van der Waals surface area contributed by atoms with Crippen LogP contribution in [0.3, 0.4) is 0 Å². The van der Waals surface area contributed by atoms with E-state index in [2.05, 4.69) is 10.6 Å². The minimum atomic E-state index is -4.45. The van der Waals surface area contributed by atoms with Crippen molar-refractivity contribution in [2.45, 2.75) is 50.0 Å². The summed E-state index contributed by atoms with van der Waals surface area (Å²) in [5.41, 5.74) is -0.261. The van der Waals surface area contributed by atoms with Crippen molar-refractivity contribution in [3.05, 3.63) is 64.2 Å². The Hall–Kier alpha value is -3.07. The Morgan fingerprint density at radius 1 is 0.943 bits per heavy atom. The topological polar surface area (TPSA) is 84.5 Å². The number of benzene rings is 2. The minimum Gasteiger partial charge on any atom is -0.479 e. The Morgan fingerprint density at radius 3 is 2.23 bits per heavy atom. The van der Waals surface area contributed by atoms with Gasteiger partial charge in [0.2, 0.25) is 0 Å². The number of rotatable bonds is 4. The maximum Gasteiger partial charge on any atom is 0.416 e. The van der Waals surface area contributed by atoms with E-state index in [1.165, 1.54) is 18.2 Å². The van der Waals surface area contributed by atoms with Crippen molar-refractivity contribution >= 4 is 29.2 Å². The van der Waals surface area contributed by atoms with Crippen molar-refractivity contribution in [2.75, 3.05) is 0 Å². The smallest absolute Gasteiger partial charge is 0.416 e. The molecule has 0 saturated heterocycles. The fourth-order valence-electron chi connectivity index (χ4n) is 5.41. The summed E-state index contributed by atoms with van der Waals surface area (Å²) < 4.78 is 43.9. The summed E-state index contributed by atoms with van der Waals surface area (Å²) in [6.07, 6.45) is -3.27. The predicted molar refractivity (Wildman–Crippen MR) is 120 cm³/mol. The second-order valence-electron chi connectivity index (χ2n) is 9.37. The number of ether oxygens (including phenoxy) is 1. The molecule has 1 unspecified atom stereocenters. The Bertz CT molecular complexity index is 1180. The van der Waals surface area contributed by atoms with Crippen LogP contribution in [0.25, 0.3) is 0 Å². The Labute approximate surface area is 204 Å². The molecule has 2 bridgehead atoms. The van der Waals surface area contributed by atoms with Crippen LogP contribution >= 0.6 is 11.6 Å². The lowest BCUT2D eigenvalue weighted by molar-refractivity contribution is -0.137. The van der Waals surface area contributed by atoms with E-state index in [1.807, 2.05) is 0 Å². The van der Waals surface area contributed by atoms with Gasteiger partial charge in [-0.05, 0) is 73.6 Å². The maximum atomic E-state index is 12.8. The molecule has 2 aromatic rings. The van der Waals surface area contributed by atoms with Crippen molar-refractivity contribution in [3.63, 3.8) is 0 Å². The number of halogens is 4. The van der Waals surface area contributed by atoms with Crippen LogP contribution in [0.2, 0.25) is 5.02 Å². The highest BCUT2D eigenvalue weighted by Crippen LogP contribution is 2.45. The highest BCUT2D eigenvalue weighted by Gasteiger charge is 2.47. The van der Waals surface area contributed by atoms with Gasteiger partial charge in [0.05, 0.1) is 17.5 Å². The summed E-state index contributed by atoms with van der Waals surface area (Å²) in [6, 6.07) is 8.66. The van der Waals surface area contributed by atoms with Gasteiger partial charge in [-0.1, -0.05) is 11.6 Å². The first kappa shape index (κ1) is 23.7. The fourth-order valence-corrected chi connectivity index (χ4v) is 5.58. The first-order chi connectivity index (χ1) is 16.6. The molecule has 2 saturated carbocycles. The van der Waals surface area contributed by atoms with E-state index in [0.29, 0.717) is 29.2 Å². The number of carbonyl (C=O) groups is 3. The number of ketones is 1. The van der Waals surface area contributed by atoms with Gasteiger partial charge >= 0.3 is 6.18 Å². The van der Waals surface area contributed by atoms with Gasteiger partial charge in [0, 0.05) is 22.7 Å². The molecule has 0 spiro atoms. The van der Waals surface area contributed by atoms with Gasteiger partial charge in [-0.3, -0.25) is 14.4 Å². The monoisotopic (exact) mass is 506 g/mol. The van der Waals surface area contributed by atoms with Crippen molar-refractivity contribution < 1.29 is 32.3 Å². The zero-order chi connectivity index (χ0) is 24.9. The van der Waals surface area contributed by atoms with E-state index < -0.39 is 23.8 Å². The van der Waals surface area contributed by atoms with Crippen LogP contribution in [0.1, 0.15) is 52.0 Å². The van der Waals surface area contributed by atoms with Gasteiger partial charge in [-0.2, -0.15) is 13.2 Å². The van der Waals surface area contributed by atoms with Gasteiger partial charge in [-0.15, -0.1) is 0 Å². The summed E-state index contributed by atoms with van der Waals surface area (Å²) in [6.45, 7) is 0. The van der Waals surface area contributed by atoms with E-state index in [9.17, 15) is 27.6 Å². The van der Waals surface area contributed by atoms with Gasteiger partial charge in [-0.25, -0.2) is 0 Å². The molecule has 2 aromatic carbocycles. The molecular formula is C25H22ClF3N2O4. The molecule has 0 aromatic heterocycles. The average molecular weight is 507 g/mol. The van der Waals surface area contributed by atoms with Gasteiger partial charge in [0.15, 0.2) is 11.9 Å². The molecule has 2 amide bonds. The zero-order valence-electron chi connectivity index (χ0n) is 18.4. The summed E-state index contributed by atoms with van der Waals surface area (Å²) in [5, 5.41) is 6.36. The Kier molecular flexibility index (Phi) is 5.99. The molecule has 2 fully saturated rings. The number of alkyl halides is 3. The first-order valence-corrected chi connectivity index (χ1v) is 11.7. The molecule has 5 atom stereocenters. The van der Waals surface area contributed by atoms with Crippen LogP contribution in [-0.4, -0.2) is 35.8 Å². The van der Waals surface area contributed by atoms with Gasteiger partial charge in [0.25, 0.3) is 11.8 Å². The number of carbonyl (C=O) groups excluding carboxylic acids is 3. The van der Waals surface area contributed by atoms with Crippen LogP contribution in [0.15, 0.2) is 42.5 Å². The molecule has 3 aliphatic rings. The van der Waals surface area contributed by atoms with E-state index in [4.69, 9.17) is 16.3 Å². The molecule has 10 heteroatoms. The van der Waals surface area contributed by atoms with E-state index in [1.54, 1.807) is 12.1 Å². The molecule has 184 valence electrons. The molecule has 0 radical (unpaired) electrons. The van der Waals surface area contributed by atoms with Crippen LogP contribution in [-0.2, 0) is 11.0 Å². The van der Waals surface area contributed by atoms with E-state index >= 15 is 0 Å². The number of fused-ring (bicyclic) bond motifs is 3. The largest absolute Gasteiger partial charge is 0.479 e. The third-order valence-electron chi connectivity index (χ3n) is 7.15. The van der Waals surface area contributed by atoms with E-state index in [0.717, 1.165) is 18.6 Å². The van der Waals surface area contributed by atoms with Crippen molar-refractivity contribution in [1.82, 2.24) is 10.6 Å². The molecule has 5 rings (SSSR count). The SMILES string of the molecule is O=C(N[C@@H]1C[C@@H]2C[C@H]1C[C@H]2NC(=O)C1CC(=O)c2cc(Cl)ccc2O1)c1ccc(C(F)(F)F)cc1. The van der Waals surface area contributed by atoms with Crippen molar-refractivity contribution in [3.8, 4) is 5.75 Å². The van der Waals surface area contributed by atoms with Crippen molar-refractivity contribution in [1.29, 1.82) is 0 Å². The third kappa shape index (κ3) is 4.74. The Morgan fingerprint density at radius 2 is 1.60 bits per heavy atom. The number of nitrogens with one attached hydrogen (secondary N) is 2. The number of amides is 2.